The third-order valence-electron chi connectivity index (χ3n) is 2.81. The lowest BCUT2D eigenvalue weighted by Crippen LogP contribution is -2.27. The maximum absolute atomic E-state index is 11.7. The third kappa shape index (κ3) is 5.07. The molecule has 0 bridgehead atoms. The van der Waals surface area contributed by atoms with Crippen LogP contribution in [-0.2, 0) is 4.79 Å². The molecule has 3 N–H and O–H groups in total. The molecule has 0 aliphatic rings. The second-order valence-electron chi connectivity index (χ2n) is 4.68. The maximum atomic E-state index is 11.7. The molecule has 0 aliphatic carbocycles. The Bertz CT molecular complexity index is 393. The Morgan fingerprint density at radius 3 is 2.67 bits per heavy atom. The summed E-state index contributed by atoms with van der Waals surface area (Å²) in [6.07, 6.45) is 2.20. The lowest BCUT2D eigenvalue weighted by molar-refractivity contribution is -0.121. The van der Waals surface area contributed by atoms with Gasteiger partial charge in [0.25, 0.3) is 0 Å². The average Bonchev–Trinajstić information content (AvgIpc) is 2.28. The number of carbonyl (C=O) groups excluding carboxylic acids is 1. The van der Waals surface area contributed by atoms with Crippen molar-refractivity contribution in [3.8, 4) is 0 Å². The molecule has 3 nitrogen and oxygen atoms in total. The summed E-state index contributed by atoms with van der Waals surface area (Å²) >= 11 is 6.08. The van der Waals surface area contributed by atoms with Crippen LogP contribution < -0.4 is 11.1 Å². The quantitative estimate of drug-likeness (QED) is 0.833. The number of amides is 1. The van der Waals surface area contributed by atoms with E-state index in [2.05, 4.69) is 5.32 Å². The molecular formula is C14H21ClN2O. The molecule has 0 radical (unpaired) electrons. The molecule has 100 valence electrons. The van der Waals surface area contributed by atoms with Crippen molar-refractivity contribution in [3.05, 3.63) is 34.9 Å². The summed E-state index contributed by atoms with van der Waals surface area (Å²) in [5, 5.41) is 3.63. The highest BCUT2D eigenvalue weighted by molar-refractivity contribution is 6.31. The monoisotopic (exact) mass is 268 g/mol. The number of hydrogen-bond acceptors (Lipinski definition) is 2. The Morgan fingerprint density at radius 2 is 2.06 bits per heavy atom. The molecule has 1 amide bonds. The highest BCUT2D eigenvalue weighted by Crippen LogP contribution is 2.22. The molecule has 0 heterocycles. The molecule has 0 saturated heterocycles. The van der Waals surface area contributed by atoms with Crippen LogP contribution in [0, 0.1) is 0 Å². The molecule has 18 heavy (non-hydrogen) atoms. The molecule has 1 aromatic carbocycles. The summed E-state index contributed by atoms with van der Waals surface area (Å²) in [7, 11) is 0. The Balaban J connectivity index is 2.42. The fourth-order valence-electron chi connectivity index (χ4n) is 1.80. The minimum absolute atomic E-state index is 0.0445. The molecule has 2 atom stereocenters. The van der Waals surface area contributed by atoms with Crippen molar-refractivity contribution in [2.75, 3.05) is 0 Å². The summed E-state index contributed by atoms with van der Waals surface area (Å²) in [5.41, 5.74) is 6.59. The Hall–Kier alpha value is -1.06. The number of benzene rings is 1. The molecule has 0 saturated carbocycles. The van der Waals surface area contributed by atoms with Gasteiger partial charge in [-0.25, -0.2) is 0 Å². The van der Waals surface area contributed by atoms with Gasteiger partial charge in [-0.3, -0.25) is 4.79 Å². The molecule has 0 aliphatic heterocycles. The van der Waals surface area contributed by atoms with Gasteiger partial charge >= 0.3 is 0 Å². The number of carbonyl (C=O) groups is 1. The highest BCUT2D eigenvalue weighted by atomic mass is 35.5. The minimum Gasteiger partial charge on any atom is -0.350 e. The summed E-state index contributed by atoms with van der Waals surface area (Å²) in [6, 6.07) is 7.63. The van der Waals surface area contributed by atoms with E-state index in [4.69, 9.17) is 17.3 Å². The zero-order valence-electron chi connectivity index (χ0n) is 10.9. The molecule has 0 fully saturated rings. The first-order valence-electron chi connectivity index (χ1n) is 6.30. The third-order valence-corrected chi connectivity index (χ3v) is 3.16. The van der Waals surface area contributed by atoms with Crippen LogP contribution in [0.15, 0.2) is 24.3 Å². The average molecular weight is 269 g/mol. The van der Waals surface area contributed by atoms with Crippen LogP contribution in [0.2, 0.25) is 5.02 Å². The van der Waals surface area contributed by atoms with Gasteiger partial charge < -0.3 is 11.1 Å². The van der Waals surface area contributed by atoms with Gasteiger partial charge in [0, 0.05) is 17.5 Å². The normalized spacial score (nSPS) is 14.0. The molecule has 4 heteroatoms. The van der Waals surface area contributed by atoms with Crippen LogP contribution in [0.4, 0.5) is 0 Å². The van der Waals surface area contributed by atoms with Gasteiger partial charge in [-0.05, 0) is 38.3 Å². The fourth-order valence-corrected chi connectivity index (χ4v) is 2.10. The predicted molar refractivity (Wildman–Crippen MR) is 75.5 cm³/mol. The van der Waals surface area contributed by atoms with E-state index >= 15 is 0 Å². The second-order valence-corrected chi connectivity index (χ2v) is 5.09. The van der Waals surface area contributed by atoms with E-state index in [9.17, 15) is 4.79 Å². The van der Waals surface area contributed by atoms with Gasteiger partial charge in [0.15, 0.2) is 0 Å². The summed E-state index contributed by atoms with van der Waals surface area (Å²) in [5.74, 6) is 0.0445. The molecule has 1 rings (SSSR count). The van der Waals surface area contributed by atoms with Crippen LogP contribution in [0.25, 0.3) is 0 Å². The Labute approximate surface area is 114 Å². The summed E-state index contributed by atoms with van der Waals surface area (Å²) in [4.78, 5) is 11.7. The van der Waals surface area contributed by atoms with E-state index in [0.29, 0.717) is 11.4 Å². The lowest BCUT2D eigenvalue weighted by Gasteiger charge is -2.15. The second kappa shape index (κ2) is 7.39. The number of halogens is 1. The maximum Gasteiger partial charge on any atom is 0.220 e. The number of nitrogens with one attached hydrogen (secondary N) is 1. The van der Waals surface area contributed by atoms with Gasteiger partial charge in [-0.15, -0.1) is 0 Å². The highest BCUT2D eigenvalue weighted by Gasteiger charge is 2.11. The van der Waals surface area contributed by atoms with Crippen LogP contribution >= 0.6 is 11.6 Å². The van der Waals surface area contributed by atoms with Gasteiger partial charge in [0.05, 0.1) is 6.04 Å². The van der Waals surface area contributed by atoms with Crippen molar-refractivity contribution in [2.45, 2.75) is 45.2 Å². The largest absolute Gasteiger partial charge is 0.350 e. The number of nitrogens with two attached hydrogens (primary N) is 1. The van der Waals surface area contributed by atoms with Gasteiger partial charge in [0.1, 0.15) is 0 Å². The summed E-state index contributed by atoms with van der Waals surface area (Å²) < 4.78 is 0. The first-order chi connectivity index (χ1) is 8.50. The molecule has 0 aromatic heterocycles. The first-order valence-corrected chi connectivity index (χ1v) is 6.68. The van der Waals surface area contributed by atoms with Gasteiger partial charge in [0.2, 0.25) is 5.91 Å². The van der Waals surface area contributed by atoms with Crippen molar-refractivity contribution in [3.63, 3.8) is 0 Å². The van der Waals surface area contributed by atoms with Crippen molar-refractivity contribution >= 4 is 17.5 Å². The van der Waals surface area contributed by atoms with Crippen molar-refractivity contribution in [2.24, 2.45) is 5.73 Å². The summed E-state index contributed by atoms with van der Waals surface area (Å²) in [6.45, 7) is 3.88. The van der Waals surface area contributed by atoms with E-state index in [1.165, 1.54) is 0 Å². The molecule has 1 aromatic rings. The van der Waals surface area contributed by atoms with Gasteiger partial charge in [-0.2, -0.15) is 0 Å². The smallest absolute Gasteiger partial charge is 0.220 e. The van der Waals surface area contributed by atoms with Gasteiger partial charge in [-0.1, -0.05) is 29.8 Å². The Morgan fingerprint density at radius 1 is 1.39 bits per heavy atom. The van der Waals surface area contributed by atoms with E-state index in [0.717, 1.165) is 18.4 Å². The van der Waals surface area contributed by atoms with Crippen molar-refractivity contribution < 1.29 is 4.79 Å². The van der Waals surface area contributed by atoms with E-state index in [1.807, 2.05) is 38.1 Å². The molecule has 0 spiro atoms. The standard InChI is InChI=1S/C14H21ClN2O/c1-10(16)6-5-9-14(18)17-11(2)12-7-3-4-8-13(12)15/h3-4,7-8,10-11H,5-6,9,16H2,1-2H3,(H,17,18). The van der Waals surface area contributed by atoms with Crippen LogP contribution in [0.1, 0.15) is 44.7 Å². The van der Waals surface area contributed by atoms with Crippen LogP contribution in [0.5, 0.6) is 0 Å². The zero-order valence-corrected chi connectivity index (χ0v) is 11.7. The molecular weight excluding hydrogens is 248 g/mol. The minimum atomic E-state index is -0.0681. The van der Waals surface area contributed by atoms with Crippen molar-refractivity contribution in [1.29, 1.82) is 0 Å². The SMILES string of the molecule is CC(N)CCCC(=O)NC(C)c1ccccc1Cl. The van der Waals surface area contributed by atoms with E-state index < -0.39 is 0 Å². The van der Waals surface area contributed by atoms with Crippen LogP contribution in [0.3, 0.4) is 0 Å². The Kier molecular flexibility index (Phi) is 6.16. The first kappa shape index (κ1) is 15.0. The predicted octanol–water partition coefficient (Wildman–Crippen LogP) is 3.03. The zero-order chi connectivity index (χ0) is 13.5. The number of hydrogen-bond donors (Lipinski definition) is 2. The lowest BCUT2D eigenvalue weighted by atomic mass is 10.1. The van der Waals surface area contributed by atoms with E-state index in [-0.39, 0.29) is 18.0 Å². The molecule has 2 unspecified atom stereocenters. The van der Waals surface area contributed by atoms with Crippen LogP contribution in [-0.4, -0.2) is 11.9 Å². The number of rotatable bonds is 6. The topological polar surface area (TPSA) is 55.1 Å². The van der Waals surface area contributed by atoms with E-state index in [1.54, 1.807) is 0 Å². The van der Waals surface area contributed by atoms with Crippen molar-refractivity contribution in [1.82, 2.24) is 5.32 Å². The fraction of sp³-hybridized carbons (Fsp3) is 0.500.